The average Bonchev–Trinajstić information content (AvgIpc) is 3.46. The molecule has 0 bridgehead atoms. The Morgan fingerprint density at radius 2 is 0.771 bits per heavy atom. The van der Waals surface area contributed by atoms with Crippen LogP contribution in [0, 0.1) is 30.8 Å². The van der Waals surface area contributed by atoms with Crippen molar-refractivity contribution in [1.29, 1.82) is 0 Å². The molecule has 4 aromatic rings. The van der Waals surface area contributed by atoms with Crippen molar-refractivity contribution in [3.63, 3.8) is 0 Å². The number of hydrogen-bond acceptors (Lipinski definition) is 0. The molecule has 1 saturated carbocycles. The van der Waals surface area contributed by atoms with Crippen molar-refractivity contribution in [2.45, 2.75) is 24.7 Å². The van der Waals surface area contributed by atoms with Crippen LogP contribution in [-0.4, -0.2) is 6.16 Å². The van der Waals surface area contributed by atoms with E-state index in [1.807, 2.05) is 24.3 Å². The number of benzene rings is 4. The zero-order chi connectivity index (χ0) is 35.1. The van der Waals surface area contributed by atoms with E-state index in [1.54, 1.807) is 49.2 Å². The van der Waals surface area contributed by atoms with E-state index in [0.29, 0.717) is 35.8 Å². The highest BCUT2D eigenvalue weighted by Gasteiger charge is 2.43. The summed E-state index contributed by atoms with van der Waals surface area (Å²) in [4.78, 5) is 0. The summed E-state index contributed by atoms with van der Waals surface area (Å²) in [5.74, 6) is 0.358. The molecule has 5 rings (SSSR count). The number of rotatable bonds is 7. The summed E-state index contributed by atoms with van der Waals surface area (Å²) in [6.07, 6.45) is -16.9. The predicted molar refractivity (Wildman–Crippen MR) is 162 cm³/mol. The Kier molecular flexibility index (Phi) is 10.3. The van der Waals surface area contributed by atoms with E-state index in [1.165, 1.54) is 6.42 Å². The van der Waals surface area contributed by atoms with E-state index in [4.69, 9.17) is 0 Å². The fraction of sp³-hybridized carbons (Fsp3) is 0.147. The van der Waals surface area contributed by atoms with Gasteiger partial charge < -0.3 is 0 Å². The molecule has 0 aromatic heterocycles. The third kappa shape index (κ3) is 8.36. The molecule has 4 aromatic carbocycles. The second-order valence-electron chi connectivity index (χ2n) is 10.6. The number of alkyl halides is 12. The van der Waals surface area contributed by atoms with Gasteiger partial charge in [0.25, 0.3) is 0 Å². The molecule has 0 saturated heterocycles. The van der Waals surface area contributed by atoms with E-state index in [-0.39, 0.29) is 12.1 Å². The molecule has 0 atom stereocenters. The minimum atomic E-state index is -5.30. The smallest absolute Gasteiger partial charge is 0.166 e. The quantitative estimate of drug-likeness (QED) is 0.132. The van der Waals surface area contributed by atoms with Crippen LogP contribution in [0.4, 0.5) is 52.7 Å². The molecule has 0 unspecified atom stereocenters. The maximum absolute atomic E-state index is 13.9. The lowest BCUT2D eigenvalue weighted by atomic mass is 10.1. The van der Waals surface area contributed by atoms with Gasteiger partial charge in [0.15, 0.2) is 0 Å². The van der Waals surface area contributed by atoms with Gasteiger partial charge in [0.05, 0.1) is 22.3 Å². The Morgan fingerprint density at radius 1 is 0.417 bits per heavy atom. The molecule has 14 heteroatoms. The maximum atomic E-state index is 13.9. The summed E-state index contributed by atoms with van der Waals surface area (Å²) in [5.41, 5.74) is -6.34. The second kappa shape index (κ2) is 13.7. The Morgan fingerprint density at radius 3 is 1.10 bits per heavy atom. The first-order valence-electron chi connectivity index (χ1n) is 13.8. The summed E-state index contributed by atoms with van der Waals surface area (Å²) in [7, 11) is -4.13. The molecule has 0 spiro atoms. The van der Waals surface area contributed by atoms with E-state index in [2.05, 4.69) is 0 Å². The Hall–Kier alpha value is -3.10. The standard InChI is InChI=1S/C34H21F12P2/c35-31(36,37)22-14-23(32(38,39)40)17-28(16-22)47(29-18-24(33(41,42)43)15-25(19-29)34(44,45)46)20-21-8-7-13-30(21)48(26-9-3-1-4-10-26)27-11-5-2-6-12-27/h1-19H,20H2. The summed E-state index contributed by atoms with van der Waals surface area (Å²) in [6.45, 7) is 0. The minimum Gasteiger partial charge on any atom is -0.166 e. The Labute approximate surface area is 270 Å². The summed E-state index contributed by atoms with van der Waals surface area (Å²) in [5, 5.41) is 0.255. The van der Waals surface area contributed by atoms with Crippen LogP contribution in [0.25, 0.3) is 0 Å². The molecule has 251 valence electrons. The van der Waals surface area contributed by atoms with Crippen molar-refractivity contribution < 1.29 is 52.7 Å². The zero-order valence-corrected chi connectivity index (χ0v) is 25.9. The van der Waals surface area contributed by atoms with Gasteiger partial charge >= 0.3 is 24.7 Å². The molecule has 0 N–H and O–H groups in total. The molecule has 0 nitrogen and oxygen atoms in total. The van der Waals surface area contributed by atoms with E-state index >= 15 is 0 Å². The van der Waals surface area contributed by atoms with Crippen molar-refractivity contribution in [2.75, 3.05) is 6.16 Å². The molecule has 1 fully saturated rings. The largest absolute Gasteiger partial charge is 0.416 e. The Balaban J connectivity index is 1.71. The molecule has 0 heterocycles. The summed E-state index contributed by atoms with van der Waals surface area (Å²) in [6, 6.07) is 19.1. The highest BCUT2D eigenvalue weighted by Crippen LogP contribution is 2.59. The van der Waals surface area contributed by atoms with Gasteiger partial charge in [0.2, 0.25) is 0 Å². The van der Waals surface area contributed by atoms with Crippen LogP contribution in [0.3, 0.4) is 0 Å². The van der Waals surface area contributed by atoms with Crippen LogP contribution in [0.2, 0.25) is 0 Å². The molecule has 1 aliphatic rings. The van der Waals surface area contributed by atoms with Crippen molar-refractivity contribution in [1.82, 2.24) is 0 Å². The number of halogens is 12. The molecule has 5 radical (unpaired) electrons. The van der Waals surface area contributed by atoms with Gasteiger partial charge in [-0.3, -0.25) is 0 Å². The predicted octanol–water partition coefficient (Wildman–Crippen LogP) is 10.1. The van der Waals surface area contributed by atoms with Crippen LogP contribution in [-0.2, 0) is 24.7 Å². The summed E-state index contributed by atoms with van der Waals surface area (Å²) >= 11 is 0. The fourth-order valence-electron chi connectivity index (χ4n) is 5.07. The van der Waals surface area contributed by atoms with Crippen molar-refractivity contribution >= 4 is 37.1 Å². The maximum Gasteiger partial charge on any atom is 0.416 e. The lowest BCUT2D eigenvalue weighted by Gasteiger charge is -2.32. The second-order valence-corrected chi connectivity index (χ2v) is 14.9. The van der Waals surface area contributed by atoms with Gasteiger partial charge in [-0.1, -0.05) is 60.7 Å². The zero-order valence-electron chi connectivity index (χ0n) is 24.1. The topological polar surface area (TPSA) is 0 Å². The molecule has 0 amide bonds. The minimum absolute atomic E-state index is 0.137. The van der Waals surface area contributed by atoms with Gasteiger partial charge in [-0.15, -0.1) is 0 Å². The molecular formula is C34H21F12P2. The van der Waals surface area contributed by atoms with Crippen molar-refractivity contribution in [3.05, 3.63) is 150 Å². The Bertz CT molecular complexity index is 1510. The highest BCUT2D eigenvalue weighted by molar-refractivity contribution is 7.76. The van der Waals surface area contributed by atoms with E-state index < -0.39 is 79.6 Å². The lowest BCUT2D eigenvalue weighted by Crippen LogP contribution is -2.26. The average molecular weight is 719 g/mol. The van der Waals surface area contributed by atoms with Gasteiger partial charge in [-0.25, -0.2) is 0 Å². The van der Waals surface area contributed by atoms with Crippen LogP contribution >= 0.6 is 15.8 Å². The van der Waals surface area contributed by atoms with Crippen LogP contribution in [0.15, 0.2) is 97.1 Å². The molecule has 48 heavy (non-hydrogen) atoms. The third-order valence-corrected chi connectivity index (χ3v) is 12.2. The molecular weight excluding hydrogens is 698 g/mol. The van der Waals surface area contributed by atoms with E-state index in [0.717, 1.165) is 10.6 Å². The first-order valence-corrected chi connectivity index (χ1v) is 16.7. The van der Waals surface area contributed by atoms with Crippen molar-refractivity contribution in [2.24, 2.45) is 0 Å². The van der Waals surface area contributed by atoms with Gasteiger partial charge in [0.1, 0.15) is 0 Å². The normalized spacial score (nSPS) is 15.5. The fourth-order valence-corrected chi connectivity index (χ4v) is 10.1. The molecule has 0 aliphatic heterocycles. The van der Waals surface area contributed by atoms with E-state index in [9.17, 15) is 52.7 Å². The number of hydrogen-bond donors (Lipinski definition) is 0. The summed E-state index contributed by atoms with van der Waals surface area (Å²) < 4.78 is 167. The highest BCUT2D eigenvalue weighted by atomic mass is 31.1. The third-order valence-electron chi connectivity index (χ3n) is 7.25. The van der Waals surface area contributed by atoms with Gasteiger partial charge in [-0.2, -0.15) is 52.7 Å². The van der Waals surface area contributed by atoms with Gasteiger partial charge in [0, 0.05) is 5.66 Å². The monoisotopic (exact) mass is 719 g/mol. The lowest BCUT2D eigenvalue weighted by molar-refractivity contribution is -0.144. The first-order chi connectivity index (χ1) is 22.3. The van der Waals surface area contributed by atoms with Gasteiger partial charge in [-0.05, 0) is 105 Å². The van der Waals surface area contributed by atoms with Crippen LogP contribution in [0.5, 0.6) is 0 Å². The van der Waals surface area contributed by atoms with Crippen molar-refractivity contribution in [3.8, 4) is 0 Å². The first kappa shape index (κ1) is 36.2. The van der Waals surface area contributed by atoms with Crippen LogP contribution < -0.4 is 21.2 Å². The van der Waals surface area contributed by atoms with Crippen LogP contribution in [0.1, 0.15) is 22.3 Å². The molecule has 1 aliphatic carbocycles. The SMILES string of the molecule is FC(F)(F)c1cc(P(C[C]2[CH][CH][CH][C]2P(c2ccccc2)c2ccccc2)c2cc(C(F)(F)F)cc(C(F)(F)F)c2)cc(C(F)(F)F)c1.